The van der Waals surface area contributed by atoms with Crippen molar-refractivity contribution in [1.29, 1.82) is 0 Å². The highest BCUT2D eigenvalue weighted by atomic mass is 16.7. The molecule has 3 heterocycles. The number of allylic oxidation sites excluding steroid dienone is 1. The minimum absolute atomic E-state index is 0.157. The zero-order chi connectivity index (χ0) is 20.1. The quantitative estimate of drug-likeness (QED) is 0.427. The summed E-state index contributed by atoms with van der Waals surface area (Å²) in [7, 11) is 0. The van der Waals surface area contributed by atoms with Crippen molar-refractivity contribution in [2.24, 2.45) is 5.92 Å². The van der Waals surface area contributed by atoms with Gasteiger partial charge < -0.3 is 24.4 Å². The Hall–Kier alpha value is -1.96. The summed E-state index contributed by atoms with van der Waals surface area (Å²) in [5, 5.41) is 21.3. The molecule has 7 heteroatoms. The maximum Gasteiger partial charge on any atom is 0.334 e. The van der Waals surface area contributed by atoms with Crippen LogP contribution in [-0.2, 0) is 23.8 Å². The molecule has 0 amide bonds. The standard InChI is InChI=1S/C20H26O7/c1-6-10(2)17(22)26-14-8-19(5)9-15(21)20(24,27-19)11(3)7-13-16(14)12(4)18(23)25-13/h6-7,13-16,21,24H,4,8-9H2,1-3,5H3/b10-6-,11-7-/t13-,14-,15+,16+,19-,20+/m1/s1. The van der Waals surface area contributed by atoms with Gasteiger partial charge in [0.15, 0.2) is 0 Å². The third-order valence-corrected chi connectivity index (χ3v) is 5.77. The molecule has 0 saturated carbocycles. The van der Waals surface area contributed by atoms with E-state index in [-0.39, 0.29) is 18.4 Å². The summed E-state index contributed by atoms with van der Waals surface area (Å²) in [6, 6.07) is 0. The number of aliphatic hydroxyl groups is 2. The van der Waals surface area contributed by atoms with Crippen molar-refractivity contribution in [3.05, 3.63) is 35.5 Å². The van der Waals surface area contributed by atoms with E-state index in [0.29, 0.717) is 11.1 Å². The van der Waals surface area contributed by atoms with Crippen LogP contribution in [0.5, 0.6) is 0 Å². The first-order chi connectivity index (χ1) is 12.5. The summed E-state index contributed by atoms with van der Waals surface area (Å²) in [6.45, 7) is 10.5. The molecule has 3 rings (SSSR count). The lowest BCUT2D eigenvalue weighted by molar-refractivity contribution is -0.225. The molecular weight excluding hydrogens is 352 g/mol. The Labute approximate surface area is 158 Å². The molecule has 27 heavy (non-hydrogen) atoms. The number of carbonyl (C=O) groups excluding carboxylic acids is 2. The van der Waals surface area contributed by atoms with E-state index in [1.165, 1.54) is 0 Å². The average molecular weight is 378 g/mol. The van der Waals surface area contributed by atoms with Crippen LogP contribution < -0.4 is 0 Å². The van der Waals surface area contributed by atoms with E-state index in [4.69, 9.17) is 14.2 Å². The Balaban J connectivity index is 2.06. The Morgan fingerprint density at radius 1 is 1.44 bits per heavy atom. The lowest BCUT2D eigenvalue weighted by Crippen LogP contribution is -2.41. The fraction of sp³-hybridized carbons (Fsp3) is 0.600. The summed E-state index contributed by atoms with van der Waals surface area (Å²) in [4.78, 5) is 24.5. The van der Waals surface area contributed by atoms with Gasteiger partial charge in [0.25, 0.3) is 0 Å². The Kier molecular flexibility index (Phi) is 4.82. The molecule has 0 aromatic heterocycles. The van der Waals surface area contributed by atoms with Crippen LogP contribution in [0.4, 0.5) is 0 Å². The molecule has 2 bridgehead atoms. The molecule has 148 valence electrons. The fourth-order valence-electron chi connectivity index (χ4n) is 4.06. The fourth-order valence-corrected chi connectivity index (χ4v) is 4.06. The van der Waals surface area contributed by atoms with Gasteiger partial charge in [-0.05, 0) is 39.3 Å². The molecule has 6 atom stereocenters. The van der Waals surface area contributed by atoms with Gasteiger partial charge in [-0.15, -0.1) is 0 Å². The van der Waals surface area contributed by atoms with Gasteiger partial charge in [-0.3, -0.25) is 0 Å². The van der Waals surface area contributed by atoms with Gasteiger partial charge in [0.1, 0.15) is 18.3 Å². The minimum atomic E-state index is -1.88. The molecule has 0 spiro atoms. The van der Waals surface area contributed by atoms with Crippen LogP contribution in [-0.4, -0.2) is 51.9 Å². The molecule has 3 aliphatic rings. The van der Waals surface area contributed by atoms with Gasteiger partial charge in [-0.25, -0.2) is 9.59 Å². The number of ether oxygens (including phenoxy) is 3. The van der Waals surface area contributed by atoms with Crippen molar-refractivity contribution in [2.45, 2.75) is 70.2 Å². The highest BCUT2D eigenvalue weighted by Crippen LogP contribution is 2.48. The van der Waals surface area contributed by atoms with Gasteiger partial charge in [0, 0.05) is 24.0 Å². The second kappa shape index (κ2) is 6.58. The van der Waals surface area contributed by atoms with Crippen LogP contribution in [0.2, 0.25) is 0 Å². The molecule has 0 unspecified atom stereocenters. The summed E-state index contributed by atoms with van der Waals surface area (Å²) < 4.78 is 17.0. The molecule has 7 nitrogen and oxygen atoms in total. The molecule has 0 aliphatic carbocycles. The van der Waals surface area contributed by atoms with Gasteiger partial charge in [-0.2, -0.15) is 0 Å². The van der Waals surface area contributed by atoms with E-state index in [2.05, 4.69) is 6.58 Å². The summed E-state index contributed by atoms with van der Waals surface area (Å²) >= 11 is 0. The second-order valence-corrected chi connectivity index (χ2v) is 7.86. The van der Waals surface area contributed by atoms with Crippen LogP contribution in [0, 0.1) is 5.92 Å². The predicted molar refractivity (Wildman–Crippen MR) is 95.3 cm³/mol. The number of esters is 2. The monoisotopic (exact) mass is 378 g/mol. The molecule has 0 aromatic rings. The molecule has 2 N–H and O–H groups in total. The first-order valence-corrected chi connectivity index (χ1v) is 9.04. The summed E-state index contributed by atoms with van der Waals surface area (Å²) in [6.07, 6.45) is 0.834. The van der Waals surface area contributed by atoms with E-state index in [0.717, 1.165) is 0 Å². The van der Waals surface area contributed by atoms with Gasteiger partial charge in [0.05, 0.1) is 11.5 Å². The SMILES string of the molecule is C=C1C(=O)O[C@@H]2/C=C(/C)[C@]3(O)O[C@](C)(C[C@@H](OC(=O)/C(C)=C\C)[C@@H]12)C[C@@H]3O. The normalized spacial score (nSPS) is 43.8. The highest BCUT2D eigenvalue weighted by Gasteiger charge is 2.58. The third kappa shape index (κ3) is 3.24. The van der Waals surface area contributed by atoms with E-state index >= 15 is 0 Å². The first kappa shape index (κ1) is 19.8. The van der Waals surface area contributed by atoms with E-state index in [1.54, 1.807) is 39.8 Å². The van der Waals surface area contributed by atoms with Gasteiger partial charge >= 0.3 is 11.9 Å². The first-order valence-electron chi connectivity index (χ1n) is 9.04. The molecule has 3 aliphatic heterocycles. The van der Waals surface area contributed by atoms with Crippen LogP contribution in [0.25, 0.3) is 0 Å². The number of rotatable bonds is 2. The van der Waals surface area contributed by atoms with Crippen LogP contribution >= 0.6 is 0 Å². The zero-order valence-electron chi connectivity index (χ0n) is 16.0. The summed E-state index contributed by atoms with van der Waals surface area (Å²) in [5.74, 6) is -3.55. The van der Waals surface area contributed by atoms with E-state index in [1.807, 2.05) is 0 Å². The van der Waals surface area contributed by atoms with Gasteiger partial charge in [0.2, 0.25) is 5.79 Å². The lowest BCUT2D eigenvalue weighted by Gasteiger charge is -2.33. The van der Waals surface area contributed by atoms with Crippen molar-refractivity contribution in [3.63, 3.8) is 0 Å². The second-order valence-electron chi connectivity index (χ2n) is 7.86. The zero-order valence-corrected chi connectivity index (χ0v) is 16.0. The molecular formula is C20H26O7. The highest BCUT2D eigenvalue weighted by molar-refractivity contribution is 5.92. The lowest BCUT2D eigenvalue weighted by atomic mass is 9.81. The number of hydrogen-bond acceptors (Lipinski definition) is 7. The van der Waals surface area contributed by atoms with Crippen LogP contribution in [0.3, 0.4) is 0 Å². The smallest absolute Gasteiger partial charge is 0.334 e. The van der Waals surface area contributed by atoms with Crippen LogP contribution in [0.15, 0.2) is 35.5 Å². The Morgan fingerprint density at radius 3 is 2.74 bits per heavy atom. The topological polar surface area (TPSA) is 102 Å². The number of fused-ring (bicyclic) bond motifs is 3. The predicted octanol–water partition coefficient (Wildman–Crippen LogP) is 1.54. The number of aliphatic hydroxyl groups excluding tert-OH is 1. The maximum atomic E-state index is 12.4. The molecule has 0 radical (unpaired) electrons. The van der Waals surface area contributed by atoms with Crippen molar-refractivity contribution in [2.75, 3.05) is 0 Å². The molecule has 0 aromatic carbocycles. The van der Waals surface area contributed by atoms with Gasteiger partial charge in [-0.1, -0.05) is 12.7 Å². The van der Waals surface area contributed by atoms with Crippen molar-refractivity contribution in [3.8, 4) is 0 Å². The van der Waals surface area contributed by atoms with Crippen LogP contribution in [0.1, 0.15) is 40.5 Å². The maximum absolute atomic E-state index is 12.4. The van der Waals surface area contributed by atoms with E-state index in [9.17, 15) is 19.8 Å². The summed E-state index contributed by atoms with van der Waals surface area (Å²) in [5.41, 5.74) is 0.0310. The minimum Gasteiger partial charge on any atom is -0.458 e. The Bertz CT molecular complexity index is 751. The average Bonchev–Trinajstić information content (AvgIpc) is 2.99. The van der Waals surface area contributed by atoms with Crippen molar-refractivity contribution < 1.29 is 34.0 Å². The number of carbonyl (C=O) groups is 2. The van der Waals surface area contributed by atoms with E-state index < -0.39 is 47.6 Å². The largest absolute Gasteiger partial charge is 0.458 e. The van der Waals surface area contributed by atoms with Crippen molar-refractivity contribution in [1.82, 2.24) is 0 Å². The third-order valence-electron chi connectivity index (χ3n) is 5.77. The van der Waals surface area contributed by atoms with Crippen molar-refractivity contribution >= 4 is 11.9 Å². The molecule has 2 fully saturated rings. The Morgan fingerprint density at radius 2 is 2.11 bits per heavy atom. The molecule has 2 saturated heterocycles. The number of hydrogen-bond donors (Lipinski definition) is 2.